The number of carbonyl (C=O) groups excluding carboxylic acids is 1. The molecule has 0 saturated carbocycles. The average molecular weight is 348 g/mol. The van der Waals surface area contributed by atoms with Crippen molar-refractivity contribution in [1.82, 2.24) is 9.80 Å². The lowest BCUT2D eigenvalue weighted by atomic mass is 9.80. The van der Waals surface area contributed by atoms with Crippen molar-refractivity contribution in [1.29, 1.82) is 0 Å². The predicted octanol–water partition coefficient (Wildman–Crippen LogP) is 3.99. The molecule has 0 N–H and O–H groups in total. The number of benzene rings is 2. The summed E-state index contributed by atoms with van der Waals surface area (Å²) in [6.07, 6.45) is 3.46. The van der Waals surface area contributed by atoms with E-state index in [4.69, 9.17) is 0 Å². The van der Waals surface area contributed by atoms with Crippen molar-refractivity contribution in [2.75, 3.05) is 26.2 Å². The Labute approximate surface area is 156 Å². The van der Waals surface area contributed by atoms with E-state index in [-0.39, 0.29) is 11.3 Å². The Morgan fingerprint density at radius 3 is 2.50 bits per heavy atom. The van der Waals surface area contributed by atoms with Crippen LogP contribution in [0.5, 0.6) is 0 Å². The van der Waals surface area contributed by atoms with Crippen LogP contribution in [0, 0.1) is 5.41 Å². The van der Waals surface area contributed by atoms with E-state index in [0.717, 1.165) is 44.7 Å². The molecule has 3 nitrogen and oxygen atoms in total. The molecule has 2 aromatic carbocycles. The minimum absolute atomic E-state index is 0.163. The van der Waals surface area contributed by atoms with E-state index in [0.29, 0.717) is 0 Å². The zero-order valence-electron chi connectivity index (χ0n) is 15.7. The zero-order chi connectivity index (χ0) is 18.0. The Morgan fingerprint density at radius 1 is 1.00 bits per heavy atom. The lowest BCUT2D eigenvalue weighted by Gasteiger charge is -2.33. The van der Waals surface area contributed by atoms with Crippen molar-refractivity contribution in [3.63, 3.8) is 0 Å². The molecule has 2 heterocycles. The molecule has 0 aliphatic carbocycles. The summed E-state index contributed by atoms with van der Waals surface area (Å²) in [5.74, 6) is 0.163. The topological polar surface area (TPSA) is 23.6 Å². The maximum Gasteiger partial charge on any atom is 0.254 e. The molecule has 2 aliphatic heterocycles. The molecule has 3 heteroatoms. The van der Waals surface area contributed by atoms with Gasteiger partial charge < -0.3 is 9.80 Å². The molecule has 1 atom stereocenters. The fraction of sp³-hybridized carbons (Fsp3) is 0.435. The van der Waals surface area contributed by atoms with E-state index in [1.54, 1.807) is 0 Å². The summed E-state index contributed by atoms with van der Waals surface area (Å²) >= 11 is 0. The fourth-order valence-electron chi connectivity index (χ4n) is 4.73. The summed E-state index contributed by atoms with van der Waals surface area (Å²) < 4.78 is 0. The van der Waals surface area contributed by atoms with Crippen molar-refractivity contribution in [2.45, 2.75) is 32.7 Å². The van der Waals surface area contributed by atoms with Gasteiger partial charge in [-0.3, -0.25) is 4.79 Å². The highest BCUT2D eigenvalue weighted by atomic mass is 16.2. The molecule has 1 fully saturated rings. The number of amides is 1. The lowest BCUT2D eigenvalue weighted by Crippen LogP contribution is -2.42. The van der Waals surface area contributed by atoms with Gasteiger partial charge in [-0.15, -0.1) is 0 Å². The predicted molar refractivity (Wildman–Crippen MR) is 105 cm³/mol. The van der Waals surface area contributed by atoms with Crippen LogP contribution in [0.3, 0.4) is 0 Å². The minimum atomic E-state index is 0.163. The number of fused-ring (bicyclic) bond motifs is 1. The number of likely N-dealkylation sites (tertiary alicyclic amines) is 1. The second-order valence-corrected chi connectivity index (χ2v) is 8.00. The Hall–Kier alpha value is -2.13. The largest absolute Gasteiger partial charge is 0.334 e. The van der Waals surface area contributed by atoms with Gasteiger partial charge in [0, 0.05) is 30.6 Å². The maximum absolute atomic E-state index is 13.2. The third-order valence-corrected chi connectivity index (χ3v) is 5.94. The molecule has 1 spiro atoms. The molecular formula is C23H28N2O. The molecule has 2 aliphatic rings. The van der Waals surface area contributed by atoms with Crippen LogP contribution in [0.2, 0.25) is 0 Å². The van der Waals surface area contributed by atoms with Gasteiger partial charge in [-0.25, -0.2) is 0 Å². The molecule has 0 radical (unpaired) electrons. The molecule has 2 aromatic rings. The van der Waals surface area contributed by atoms with E-state index in [9.17, 15) is 4.79 Å². The zero-order valence-corrected chi connectivity index (χ0v) is 15.7. The number of carbonyl (C=O) groups is 1. The Bertz CT molecular complexity index is 773. The summed E-state index contributed by atoms with van der Waals surface area (Å²) in [6.45, 7) is 7.25. The minimum Gasteiger partial charge on any atom is -0.334 e. The third-order valence-electron chi connectivity index (χ3n) is 5.94. The van der Waals surface area contributed by atoms with Crippen molar-refractivity contribution < 1.29 is 4.79 Å². The second-order valence-electron chi connectivity index (χ2n) is 8.00. The molecule has 4 rings (SSSR count). The van der Waals surface area contributed by atoms with Gasteiger partial charge in [0.15, 0.2) is 0 Å². The normalized spacial score (nSPS) is 23.0. The highest BCUT2D eigenvalue weighted by Crippen LogP contribution is 2.39. The monoisotopic (exact) mass is 348 g/mol. The van der Waals surface area contributed by atoms with Crippen LogP contribution in [0.25, 0.3) is 0 Å². The van der Waals surface area contributed by atoms with E-state index in [1.807, 2.05) is 30.3 Å². The van der Waals surface area contributed by atoms with Gasteiger partial charge in [0.05, 0.1) is 0 Å². The summed E-state index contributed by atoms with van der Waals surface area (Å²) in [7, 11) is 0. The van der Waals surface area contributed by atoms with Crippen LogP contribution < -0.4 is 0 Å². The molecule has 0 bridgehead atoms. The van der Waals surface area contributed by atoms with Crippen molar-refractivity contribution >= 4 is 5.91 Å². The first kappa shape index (κ1) is 17.3. The van der Waals surface area contributed by atoms with E-state index in [2.05, 4.69) is 41.0 Å². The molecular weight excluding hydrogens is 320 g/mol. The van der Waals surface area contributed by atoms with Crippen LogP contribution in [-0.4, -0.2) is 41.9 Å². The molecule has 0 aromatic heterocycles. The molecule has 136 valence electrons. The SMILES string of the molecule is CCCN1CCC2(Cc3ccccc3CN(C(=O)c3ccccc3)C2)C1. The van der Waals surface area contributed by atoms with Crippen molar-refractivity contribution in [3.05, 3.63) is 71.3 Å². The van der Waals surface area contributed by atoms with Crippen molar-refractivity contribution in [3.8, 4) is 0 Å². The molecule has 26 heavy (non-hydrogen) atoms. The van der Waals surface area contributed by atoms with E-state index in [1.165, 1.54) is 24.0 Å². The van der Waals surface area contributed by atoms with Crippen LogP contribution in [0.15, 0.2) is 54.6 Å². The van der Waals surface area contributed by atoms with Gasteiger partial charge >= 0.3 is 0 Å². The van der Waals surface area contributed by atoms with Gasteiger partial charge in [0.1, 0.15) is 0 Å². The lowest BCUT2D eigenvalue weighted by molar-refractivity contribution is 0.0657. The highest BCUT2D eigenvalue weighted by molar-refractivity contribution is 5.94. The average Bonchev–Trinajstić information content (AvgIpc) is 2.96. The first-order chi connectivity index (χ1) is 12.7. The van der Waals surface area contributed by atoms with E-state index < -0.39 is 0 Å². The number of hydrogen-bond acceptors (Lipinski definition) is 2. The van der Waals surface area contributed by atoms with Gasteiger partial charge in [-0.1, -0.05) is 49.4 Å². The van der Waals surface area contributed by atoms with Gasteiger partial charge in [-0.05, 0) is 55.6 Å². The summed E-state index contributed by atoms with van der Waals surface area (Å²) in [5.41, 5.74) is 3.72. The summed E-state index contributed by atoms with van der Waals surface area (Å²) in [4.78, 5) is 17.9. The number of hydrogen-bond donors (Lipinski definition) is 0. The van der Waals surface area contributed by atoms with Gasteiger partial charge in [0.2, 0.25) is 0 Å². The fourth-order valence-corrected chi connectivity index (χ4v) is 4.73. The van der Waals surface area contributed by atoms with Gasteiger partial charge in [0.25, 0.3) is 5.91 Å². The summed E-state index contributed by atoms with van der Waals surface area (Å²) in [5, 5.41) is 0. The van der Waals surface area contributed by atoms with Crippen LogP contribution in [0.4, 0.5) is 0 Å². The molecule has 1 unspecified atom stereocenters. The number of nitrogens with zero attached hydrogens (tertiary/aromatic N) is 2. The van der Waals surface area contributed by atoms with E-state index >= 15 is 0 Å². The smallest absolute Gasteiger partial charge is 0.254 e. The Balaban J connectivity index is 1.66. The van der Waals surface area contributed by atoms with Gasteiger partial charge in [-0.2, -0.15) is 0 Å². The highest BCUT2D eigenvalue weighted by Gasteiger charge is 2.42. The quantitative estimate of drug-likeness (QED) is 0.837. The third kappa shape index (κ3) is 3.41. The standard InChI is InChI=1S/C23H28N2O/c1-2-13-24-14-12-23(17-24)15-20-10-6-7-11-21(20)16-25(18-23)22(26)19-8-4-3-5-9-19/h3-11H,2,12-18H2,1H3. The first-order valence-corrected chi connectivity index (χ1v) is 9.83. The van der Waals surface area contributed by atoms with Crippen LogP contribution in [-0.2, 0) is 13.0 Å². The van der Waals surface area contributed by atoms with Crippen molar-refractivity contribution in [2.24, 2.45) is 5.41 Å². The first-order valence-electron chi connectivity index (χ1n) is 9.83. The maximum atomic E-state index is 13.2. The number of rotatable bonds is 3. The molecule has 1 amide bonds. The molecule has 1 saturated heterocycles. The second kappa shape index (κ2) is 7.24. The van der Waals surface area contributed by atoms with Crippen LogP contribution in [0.1, 0.15) is 41.3 Å². The summed E-state index contributed by atoms with van der Waals surface area (Å²) in [6, 6.07) is 18.4. The van der Waals surface area contributed by atoms with Crippen LogP contribution >= 0.6 is 0 Å². The Kier molecular flexibility index (Phi) is 4.82. The Morgan fingerprint density at radius 2 is 1.73 bits per heavy atom.